The third-order valence-corrected chi connectivity index (χ3v) is 3.43. The molecule has 1 aromatic carbocycles. The monoisotopic (exact) mass is 266 g/mol. The molecule has 0 aromatic heterocycles. The van der Waals surface area contributed by atoms with E-state index in [2.05, 4.69) is 39.1 Å². The Morgan fingerprint density at radius 1 is 1.21 bits per heavy atom. The number of aliphatic hydroxyl groups is 1. The first kappa shape index (κ1) is 16.0. The van der Waals surface area contributed by atoms with Gasteiger partial charge in [0, 0.05) is 0 Å². The molecule has 1 aromatic rings. The molecule has 0 fully saturated rings. The summed E-state index contributed by atoms with van der Waals surface area (Å²) >= 11 is 0. The Hall–Kier alpha value is -1.06. The molecule has 2 atom stereocenters. The molecule has 3 N–H and O–H groups in total. The first-order valence-corrected chi connectivity index (χ1v) is 7.27. The standard InChI is InChI=1S/C16H27NO2/c1-5-13(4)17-10-14(18)11-19-16-9-7-6-8-15(16)12(2)3/h6-9,12-14,17-18H,5,10-11H2,1-4H3/p+1/t13-,14-/m1/s1. The summed E-state index contributed by atoms with van der Waals surface area (Å²) < 4.78 is 5.76. The van der Waals surface area contributed by atoms with Crippen molar-refractivity contribution in [1.29, 1.82) is 0 Å². The fraction of sp³-hybridized carbons (Fsp3) is 0.625. The van der Waals surface area contributed by atoms with Gasteiger partial charge in [-0.3, -0.25) is 0 Å². The number of hydrogen-bond acceptors (Lipinski definition) is 2. The minimum Gasteiger partial charge on any atom is -0.490 e. The van der Waals surface area contributed by atoms with Crippen molar-refractivity contribution in [2.75, 3.05) is 13.2 Å². The van der Waals surface area contributed by atoms with E-state index in [1.54, 1.807) is 0 Å². The summed E-state index contributed by atoms with van der Waals surface area (Å²) in [5.41, 5.74) is 1.20. The Morgan fingerprint density at radius 3 is 2.53 bits per heavy atom. The molecule has 3 heteroatoms. The van der Waals surface area contributed by atoms with Crippen molar-refractivity contribution >= 4 is 0 Å². The van der Waals surface area contributed by atoms with E-state index in [0.717, 1.165) is 12.2 Å². The normalized spacial score (nSPS) is 14.4. The van der Waals surface area contributed by atoms with Gasteiger partial charge in [0.15, 0.2) is 0 Å². The molecule has 0 aliphatic heterocycles. The number of hydrogen-bond donors (Lipinski definition) is 2. The van der Waals surface area contributed by atoms with Crippen molar-refractivity contribution in [3.8, 4) is 5.75 Å². The Kier molecular flexibility index (Phi) is 6.89. The number of nitrogens with two attached hydrogens (primary N) is 1. The van der Waals surface area contributed by atoms with Crippen LogP contribution >= 0.6 is 0 Å². The summed E-state index contributed by atoms with van der Waals surface area (Å²) in [7, 11) is 0. The minimum absolute atomic E-state index is 0.358. The second kappa shape index (κ2) is 8.18. The summed E-state index contributed by atoms with van der Waals surface area (Å²) in [6, 6.07) is 8.60. The van der Waals surface area contributed by atoms with E-state index in [0.29, 0.717) is 25.1 Å². The molecule has 0 saturated carbocycles. The predicted octanol–water partition coefficient (Wildman–Crippen LogP) is 1.91. The molecule has 108 valence electrons. The first-order valence-electron chi connectivity index (χ1n) is 7.27. The average molecular weight is 266 g/mol. The highest BCUT2D eigenvalue weighted by molar-refractivity contribution is 5.35. The predicted molar refractivity (Wildman–Crippen MR) is 78.6 cm³/mol. The molecule has 0 heterocycles. The van der Waals surface area contributed by atoms with E-state index in [9.17, 15) is 5.11 Å². The second-order valence-corrected chi connectivity index (χ2v) is 5.51. The van der Waals surface area contributed by atoms with Crippen LogP contribution in [0.4, 0.5) is 0 Å². The van der Waals surface area contributed by atoms with Gasteiger partial charge in [0.05, 0.1) is 6.04 Å². The van der Waals surface area contributed by atoms with Gasteiger partial charge in [0.1, 0.15) is 25.0 Å². The van der Waals surface area contributed by atoms with Gasteiger partial charge in [-0.05, 0) is 30.9 Å². The van der Waals surface area contributed by atoms with Gasteiger partial charge in [-0.15, -0.1) is 0 Å². The first-order chi connectivity index (χ1) is 9.04. The summed E-state index contributed by atoms with van der Waals surface area (Å²) in [5, 5.41) is 12.1. The summed E-state index contributed by atoms with van der Waals surface area (Å²) in [5.74, 6) is 1.32. The zero-order chi connectivity index (χ0) is 14.3. The Bertz CT molecular complexity index is 366. The van der Waals surface area contributed by atoms with E-state index in [4.69, 9.17) is 4.74 Å². The molecule has 0 amide bonds. The Labute approximate surface area is 117 Å². The lowest BCUT2D eigenvalue weighted by Crippen LogP contribution is -2.91. The fourth-order valence-electron chi connectivity index (χ4n) is 1.90. The highest BCUT2D eigenvalue weighted by atomic mass is 16.5. The van der Waals surface area contributed by atoms with Crippen LogP contribution in [0.3, 0.4) is 0 Å². The van der Waals surface area contributed by atoms with E-state index in [1.807, 2.05) is 18.2 Å². The van der Waals surface area contributed by atoms with E-state index < -0.39 is 6.10 Å². The number of rotatable bonds is 8. The van der Waals surface area contributed by atoms with Crippen LogP contribution in [0.5, 0.6) is 5.75 Å². The molecule has 0 bridgehead atoms. The van der Waals surface area contributed by atoms with Gasteiger partial charge in [0.25, 0.3) is 0 Å². The van der Waals surface area contributed by atoms with Crippen molar-refractivity contribution in [3.63, 3.8) is 0 Å². The number of ether oxygens (including phenoxy) is 1. The average Bonchev–Trinajstić information content (AvgIpc) is 2.42. The van der Waals surface area contributed by atoms with Crippen LogP contribution < -0.4 is 10.1 Å². The van der Waals surface area contributed by atoms with Crippen LogP contribution in [0.1, 0.15) is 45.6 Å². The molecular weight excluding hydrogens is 238 g/mol. The Balaban J connectivity index is 2.44. The lowest BCUT2D eigenvalue weighted by molar-refractivity contribution is -0.691. The maximum absolute atomic E-state index is 9.93. The fourth-order valence-corrected chi connectivity index (χ4v) is 1.90. The number of quaternary nitrogens is 1. The summed E-state index contributed by atoms with van der Waals surface area (Å²) in [6.07, 6.45) is 0.693. The van der Waals surface area contributed by atoms with Crippen LogP contribution in [-0.4, -0.2) is 30.4 Å². The zero-order valence-electron chi connectivity index (χ0n) is 12.6. The molecule has 0 saturated heterocycles. The smallest absolute Gasteiger partial charge is 0.137 e. The number of benzene rings is 1. The van der Waals surface area contributed by atoms with Gasteiger partial charge in [-0.25, -0.2) is 0 Å². The second-order valence-electron chi connectivity index (χ2n) is 5.51. The van der Waals surface area contributed by atoms with Gasteiger partial charge in [0.2, 0.25) is 0 Å². The number of aliphatic hydroxyl groups excluding tert-OH is 1. The summed E-state index contributed by atoms with van der Waals surface area (Å²) in [6.45, 7) is 9.67. The maximum atomic E-state index is 9.93. The molecule has 0 unspecified atom stereocenters. The van der Waals surface area contributed by atoms with Crippen molar-refractivity contribution < 1.29 is 15.2 Å². The lowest BCUT2D eigenvalue weighted by atomic mass is 10.0. The van der Waals surface area contributed by atoms with Crippen LogP contribution in [0.25, 0.3) is 0 Å². The van der Waals surface area contributed by atoms with E-state index in [-0.39, 0.29) is 0 Å². The third-order valence-electron chi connectivity index (χ3n) is 3.43. The lowest BCUT2D eigenvalue weighted by Gasteiger charge is -2.17. The van der Waals surface area contributed by atoms with Gasteiger partial charge >= 0.3 is 0 Å². The van der Waals surface area contributed by atoms with Gasteiger partial charge < -0.3 is 15.2 Å². The van der Waals surface area contributed by atoms with Crippen molar-refractivity contribution in [3.05, 3.63) is 29.8 Å². The topological polar surface area (TPSA) is 46.1 Å². The van der Waals surface area contributed by atoms with E-state index in [1.165, 1.54) is 5.56 Å². The maximum Gasteiger partial charge on any atom is 0.137 e. The van der Waals surface area contributed by atoms with Crippen molar-refractivity contribution in [2.24, 2.45) is 0 Å². The SMILES string of the molecule is CC[C@@H](C)[NH2+]C[C@@H](O)COc1ccccc1C(C)C. The van der Waals surface area contributed by atoms with Crippen LogP contribution in [0, 0.1) is 0 Å². The molecule has 1 rings (SSSR count). The highest BCUT2D eigenvalue weighted by Crippen LogP contribution is 2.25. The molecular formula is C16H28NO2+. The van der Waals surface area contributed by atoms with Crippen LogP contribution in [-0.2, 0) is 0 Å². The highest BCUT2D eigenvalue weighted by Gasteiger charge is 2.12. The molecule has 19 heavy (non-hydrogen) atoms. The molecule has 0 aliphatic rings. The van der Waals surface area contributed by atoms with Crippen molar-refractivity contribution in [2.45, 2.75) is 52.2 Å². The molecule has 0 aliphatic carbocycles. The van der Waals surface area contributed by atoms with E-state index >= 15 is 0 Å². The van der Waals surface area contributed by atoms with Crippen molar-refractivity contribution in [1.82, 2.24) is 0 Å². The third kappa shape index (κ3) is 5.62. The van der Waals surface area contributed by atoms with Gasteiger partial charge in [-0.1, -0.05) is 39.0 Å². The minimum atomic E-state index is -0.422. The molecule has 0 spiro atoms. The largest absolute Gasteiger partial charge is 0.490 e. The molecule has 3 nitrogen and oxygen atoms in total. The van der Waals surface area contributed by atoms with Crippen LogP contribution in [0.2, 0.25) is 0 Å². The van der Waals surface area contributed by atoms with Gasteiger partial charge in [-0.2, -0.15) is 0 Å². The number of para-hydroxylation sites is 1. The Morgan fingerprint density at radius 2 is 1.89 bits per heavy atom. The molecule has 0 radical (unpaired) electrons. The van der Waals surface area contributed by atoms with Crippen LogP contribution in [0.15, 0.2) is 24.3 Å². The summed E-state index contributed by atoms with van der Waals surface area (Å²) in [4.78, 5) is 0. The zero-order valence-corrected chi connectivity index (χ0v) is 12.6. The quantitative estimate of drug-likeness (QED) is 0.755.